The molecule has 1 N–H and O–H groups in total. The number of thiazole rings is 1. The fraction of sp³-hybridized carbons (Fsp3) is 0.333. The molecule has 1 aliphatic rings. The van der Waals surface area contributed by atoms with Gasteiger partial charge < -0.3 is 5.32 Å². The van der Waals surface area contributed by atoms with Gasteiger partial charge in [-0.25, -0.2) is 15.0 Å². The molecule has 1 saturated carbocycles. The number of rotatable bonds is 5. The highest BCUT2D eigenvalue weighted by atomic mass is 32.1. The number of nitrogens with one attached hydrogen (secondary N) is 1. The molecule has 4 rings (SSSR count). The van der Waals surface area contributed by atoms with Crippen LogP contribution in [0.4, 0.5) is 5.82 Å². The van der Waals surface area contributed by atoms with Crippen LogP contribution in [0.1, 0.15) is 35.3 Å². The van der Waals surface area contributed by atoms with Crippen molar-refractivity contribution in [2.75, 3.05) is 5.32 Å². The molecule has 1 aliphatic carbocycles. The molecule has 1 fully saturated rings. The molecule has 0 aromatic carbocycles. The quantitative estimate of drug-likeness (QED) is 0.757. The molecule has 3 heterocycles. The molecule has 3 aromatic heterocycles. The highest BCUT2D eigenvalue weighted by Gasteiger charge is 2.34. The van der Waals surface area contributed by atoms with Crippen molar-refractivity contribution in [3.05, 3.63) is 52.2 Å². The van der Waals surface area contributed by atoms with Gasteiger partial charge in [0.1, 0.15) is 16.5 Å². The fourth-order valence-electron chi connectivity index (χ4n) is 2.74. The largest absolute Gasteiger partial charge is 0.360 e. The van der Waals surface area contributed by atoms with Crippen molar-refractivity contribution in [2.24, 2.45) is 5.92 Å². The van der Waals surface area contributed by atoms with Gasteiger partial charge >= 0.3 is 0 Å². The first-order valence-corrected chi connectivity index (χ1v) is 9.02. The third kappa shape index (κ3) is 3.28. The second-order valence-corrected chi connectivity index (χ2v) is 7.11. The van der Waals surface area contributed by atoms with Crippen molar-refractivity contribution in [1.82, 2.24) is 19.9 Å². The zero-order valence-electron chi connectivity index (χ0n) is 13.7. The van der Waals surface area contributed by atoms with Gasteiger partial charge in [0.15, 0.2) is 5.82 Å². The maximum absolute atomic E-state index is 4.68. The molecule has 0 radical (unpaired) electrons. The Morgan fingerprint density at radius 2 is 2.00 bits per heavy atom. The molecule has 0 amide bonds. The van der Waals surface area contributed by atoms with Crippen LogP contribution < -0.4 is 5.32 Å². The summed E-state index contributed by atoms with van der Waals surface area (Å²) in [6, 6.07) is 8.00. The van der Waals surface area contributed by atoms with Crippen molar-refractivity contribution in [2.45, 2.75) is 32.7 Å². The van der Waals surface area contributed by atoms with E-state index in [4.69, 9.17) is 0 Å². The molecular weight excluding hydrogens is 318 g/mol. The number of nitrogens with zero attached hydrogens (tertiary/aromatic N) is 4. The summed E-state index contributed by atoms with van der Waals surface area (Å²) in [6.45, 7) is 4.02. The van der Waals surface area contributed by atoms with E-state index < -0.39 is 0 Å². The van der Waals surface area contributed by atoms with Gasteiger partial charge in [-0.3, -0.25) is 4.98 Å². The lowest BCUT2D eigenvalue weighted by Crippen LogP contribution is -2.14. The van der Waals surface area contributed by atoms with E-state index in [0.29, 0.717) is 11.7 Å². The summed E-state index contributed by atoms with van der Waals surface area (Å²) in [4.78, 5) is 18.2. The minimum atomic E-state index is 0.231. The Bertz CT molecular complexity index is 842. The second-order valence-electron chi connectivity index (χ2n) is 6.22. The fourth-order valence-corrected chi connectivity index (χ4v) is 3.68. The summed E-state index contributed by atoms with van der Waals surface area (Å²) in [5, 5.41) is 6.84. The highest BCUT2D eigenvalue weighted by molar-refractivity contribution is 7.09. The molecule has 1 unspecified atom stereocenters. The zero-order valence-corrected chi connectivity index (χ0v) is 14.5. The van der Waals surface area contributed by atoms with Crippen LogP contribution in [0.5, 0.6) is 0 Å². The average Bonchev–Trinajstić information content (AvgIpc) is 3.34. The molecule has 0 aliphatic heterocycles. The predicted molar refractivity (Wildman–Crippen MR) is 95.9 cm³/mol. The summed E-state index contributed by atoms with van der Waals surface area (Å²) in [7, 11) is 0. The number of anilines is 1. The van der Waals surface area contributed by atoms with Crippen molar-refractivity contribution in [3.8, 4) is 11.5 Å². The molecule has 122 valence electrons. The lowest BCUT2D eigenvalue weighted by atomic mass is 10.2. The molecular formula is C18H19N5S. The van der Waals surface area contributed by atoms with Crippen LogP contribution >= 0.6 is 11.3 Å². The zero-order chi connectivity index (χ0) is 16.5. The highest BCUT2D eigenvalue weighted by Crippen LogP contribution is 2.43. The Hall–Kier alpha value is -2.34. The predicted octanol–water partition coefficient (Wildman–Crippen LogP) is 4.18. The van der Waals surface area contributed by atoms with E-state index in [0.717, 1.165) is 27.9 Å². The minimum absolute atomic E-state index is 0.231. The van der Waals surface area contributed by atoms with Crippen molar-refractivity contribution < 1.29 is 0 Å². The van der Waals surface area contributed by atoms with Crippen molar-refractivity contribution in [3.63, 3.8) is 0 Å². The normalized spacial score (nSPS) is 15.2. The molecule has 1 atom stereocenters. The first-order chi connectivity index (χ1) is 11.7. The van der Waals surface area contributed by atoms with E-state index in [1.54, 1.807) is 17.5 Å². The van der Waals surface area contributed by atoms with Crippen LogP contribution in [0.3, 0.4) is 0 Å². The Morgan fingerprint density at radius 3 is 2.67 bits per heavy atom. The summed E-state index contributed by atoms with van der Waals surface area (Å²) < 4.78 is 0. The summed E-state index contributed by atoms with van der Waals surface area (Å²) in [5.41, 5.74) is 2.80. The van der Waals surface area contributed by atoms with E-state index in [2.05, 4.69) is 30.6 Å². The molecule has 0 bridgehead atoms. The van der Waals surface area contributed by atoms with Gasteiger partial charge in [0.05, 0.1) is 6.04 Å². The molecule has 3 aromatic rings. The monoisotopic (exact) mass is 337 g/mol. The standard InChI is InChI=1S/C18H19N5S/c1-11-9-15(23-17(20-11)14-5-3-4-8-19-14)22-16(13-6-7-13)18-21-12(2)10-24-18/h3-5,8-10,13,16H,6-7H2,1-2H3,(H,20,22,23). The van der Waals surface area contributed by atoms with Gasteiger partial charge in [0, 0.05) is 29.0 Å². The Kier molecular flexibility index (Phi) is 3.98. The van der Waals surface area contributed by atoms with Gasteiger partial charge in [-0.05, 0) is 44.7 Å². The number of aryl methyl sites for hydroxylation is 2. The maximum Gasteiger partial charge on any atom is 0.180 e. The van der Waals surface area contributed by atoms with Crippen molar-refractivity contribution >= 4 is 17.2 Å². The van der Waals surface area contributed by atoms with Crippen molar-refractivity contribution in [1.29, 1.82) is 0 Å². The lowest BCUT2D eigenvalue weighted by molar-refractivity contribution is 0.668. The molecule has 6 heteroatoms. The van der Waals surface area contributed by atoms with Crippen LogP contribution in [0, 0.1) is 19.8 Å². The summed E-state index contributed by atoms with van der Waals surface area (Å²) in [5.74, 6) is 2.14. The van der Waals surface area contributed by atoms with Crippen LogP contribution in [0.25, 0.3) is 11.5 Å². The SMILES string of the molecule is Cc1cc(NC(c2nc(C)cs2)C2CC2)nc(-c2ccccn2)n1. The third-order valence-corrected chi connectivity index (χ3v) is 5.09. The topological polar surface area (TPSA) is 63.6 Å². The van der Waals surface area contributed by atoms with Gasteiger partial charge in [0.2, 0.25) is 0 Å². The van der Waals surface area contributed by atoms with Gasteiger partial charge in [-0.1, -0.05) is 6.07 Å². The molecule has 5 nitrogen and oxygen atoms in total. The number of hydrogen-bond donors (Lipinski definition) is 1. The van der Waals surface area contributed by atoms with E-state index in [-0.39, 0.29) is 6.04 Å². The first kappa shape index (κ1) is 15.2. The number of hydrogen-bond acceptors (Lipinski definition) is 6. The van der Waals surface area contributed by atoms with Gasteiger partial charge in [-0.15, -0.1) is 11.3 Å². The Balaban J connectivity index is 1.65. The smallest absolute Gasteiger partial charge is 0.180 e. The van der Waals surface area contributed by atoms with Crippen LogP contribution in [-0.2, 0) is 0 Å². The maximum atomic E-state index is 4.68. The average molecular weight is 337 g/mol. The minimum Gasteiger partial charge on any atom is -0.360 e. The van der Waals surface area contributed by atoms with Crippen LogP contribution in [0.15, 0.2) is 35.8 Å². The van der Waals surface area contributed by atoms with E-state index in [9.17, 15) is 0 Å². The lowest BCUT2D eigenvalue weighted by Gasteiger charge is -2.17. The molecule has 0 spiro atoms. The van der Waals surface area contributed by atoms with E-state index in [1.807, 2.05) is 38.1 Å². The summed E-state index contributed by atoms with van der Waals surface area (Å²) >= 11 is 1.72. The van der Waals surface area contributed by atoms with Gasteiger partial charge in [0.25, 0.3) is 0 Å². The summed E-state index contributed by atoms with van der Waals surface area (Å²) in [6.07, 6.45) is 4.25. The van der Waals surface area contributed by atoms with Crippen LogP contribution in [0.2, 0.25) is 0 Å². The second kappa shape index (κ2) is 6.28. The van der Waals surface area contributed by atoms with E-state index >= 15 is 0 Å². The molecule has 0 saturated heterocycles. The van der Waals surface area contributed by atoms with Gasteiger partial charge in [-0.2, -0.15) is 0 Å². The Morgan fingerprint density at radius 1 is 1.12 bits per heavy atom. The third-order valence-electron chi connectivity index (χ3n) is 4.05. The first-order valence-electron chi connectivity index (χ1n) is 8.15. The van der Waals surface area contributed by atoms with Crippen LogP contribution in [-0.4, -0.2) is 19.9 Å². The number of pyridine rings is 1. The van der Waals surface area contributed by atoms with E-state index in [1.165, 1.54) is 12.8 Å². The molecule has 24 heavy (non-hydrogen) atoms. The Labute approximate surface area is 145 Å². The number of aromatic nitrogens is 4.